The molecule has 0 radical (unpaired) electrons. The number of urea groups is 1. The van der Waals surface area contributed by atoms with Crippen LogP contribution >= 0.6 is 11.6 Å². The lowest BCUT2D eigenvalue weighted by molar-refractivity contribution is 0.176. The summed E-state index contributed by atoms with van der Waals surface area (Å²) in [5, 5.41) is 15.5. The van der Waals surface area contributed by atoms with E-state index in [2.05, 4.69) is 30.6 Å². The lowest BCUT2D eigenvalue weighted by Crippen LogP contribution is -2.45. The van der Waals surface area contributed by atoms with Gasteiger partial charge in [-0.15, -0.1) is 0 Å². The van der Waals surface area contributed by atoms with Crippen LogP contribution in [-0.4, -0.2) is 49.1 Å². The zero-order chi connectivity index (χ0) is 22.7. The van der Waals surface area contributed by atoms with Gasteiger partial charge in [-0.25, -0.2) is 29.1 Å². The average Bonchev–Trinajstić information content (AvgIpc) is 2.78. The maximum Gasteiger partial charge on any atom is 0.318 e. The maximum atomic E-state index is 13.8. The molecule has 3 heterocycles. The summed E-state index contributed by atoms with van der Waals surface area (Å²) in [4.78, 5) is 31.5. The number of fused-ring (bicyclic) bond motifs is 1. The van der Waals surface area contributed by atoms with Crippen LogP contribution in [0.5, 0.6) is 0 Å². The van der Waals surface area contributed by atoms with Gasteiger partial charge in [0.15, 0.2) is 0 Å². The van der Waals surface area contributed by atoms with Crippen LogP contribution in [0, 0.1) is 12.7 Å². The van der Waals surface area contributed by atoms with Gasteiger partial charge in [-0.05, 0) is 36.6 Å². The number of hydrogen-bond acceptors (Lipinski definition) is 7. The van der Waals surface area contributed by atoms with Gasteiger partial charge in [0.25, 0.3) is 0 Å². The molecule has 4 rings (SSSR count). The van der Waals surface area contributed by atoms with Crippen molar-refractivity contribution in [1.29, 1.82) is 0 Å². The lowest BCUT2D eigenvalue weighted by atomic mass is 10.1. The number of aliphatic hydroxyl groups excluding tert-OH is 1. The van der Waals surface area contributed by atoms with Crippen molar-refractivity contribution in [2.45, 2.75) is 25.9 Å². The van der Waals surface area contributed by atoms with Crippen molar-refractivity contribution in [2.24, 2.45) is 0 Å². The van der Waals surface area contributed by atoms with E-state index in [0.29, 0.717) is 36.0 Å². The summed E-state index contributed by atoms with van der Waals surface area (Å²) in [6.07, 6.45) is 3.78. The second-order valence-corrected chi connectivity index (χ2v) is 7.77. The number of amides is 2. The van der Waals surface area contributed by atoms with Crippen molar-refractivity contribution in [3.63, 3.8) is 0 Å². The summed E-state index contributed by atoms with van der Waals surface area (Å²) in [7, 11) is 0. The summed E-state index contributed by atoms with van der Waals surface area (Å²) in [5.74, 6) is 0.331. The van der Waals surface area contributed by atoms with Gasteiger partial charge in [-0.3, -0.25) is 0 Å². The smallest absolute Gasteiger partial charge is 0.318 e. The number of nitrogens with one attached hydrogen (secondary N) is 2. The van der Waals surface area contributed by atoms with E-state index in [-0.39, 0.29) is 24.2 Å². The molecule has 11 heteroatoms. The van der Waals surface area contributed by atoms with E-state index in [1.807, 2.05) is 6.92 Å². The summed E-state index contributed by atoms with van der Waals surface area (Å²) >= 11 is 5.72. The molecule has 2 aromatic heterocycles. The van der Waals surface area contributed by atoms with Crippen LogP contribution in [0.2, 0.25) is 5.02 Å². The van der Waals surface area contributed by atoms with Gasteiger partial charge < -0.3 is 20.6 Å². The third-order valence-electron chi connectivity index (χ3n) is 5.10. The highest BCUT2D eigenvalue weighted by Gasteiger charge is 2.25. The Morgan fingerprint density at radius 3 is 2.91 bits per heavy atom. The summed E-state index contributed by atoms with van der Waals surface area (Å²) < 4.78 is 13.8. The van der Waals surface area contributed by atoms with Crippen LogP contribution in [0.1, 0.15) is 28.6 Å². The number of aromatic nitrogens is 4. The molecule has 1 atom stereocenters. The Balaban J connectivity index is 1.45. The number of benzene rings is 1. The van der Waals surface area contributed by atoms with E-state index in [0.717, 1.165) is 11.3 Å². The zero-order valence-electron chi connectivity index (χ0n) is 17.2. The minimum atomic E-state index is -0.765. The fraction of sp³-hybridized carbons (Fsp3) is 0.286. The predicted octanol–water partition coefficient (Wildman–Crippen LogP) is 2.91. The number of rotatable bonds is 5. The van der Waals surface area contributed by atoms with Crippen molar-refractivity contribution < 1.29 is 14.3 Å². The van der Waals surface area contributed by atoms with E-state index >= 15 is 0 Å². The maximum absolute atomic E-state index is 13.8. The summed E-state index contributed by atoms with van der Waals surface area (Å²) in [6.45, 7) is 2.21. The van der Waals surface area contributed by atoms with Gasteiger partial charge in [0.05, 0.1) is 29.9 Å². The minimum absolute atomic E-state index is 0.0226. The Morgan fingerprint density at radius 1 is 1.31 bits per heavy atom. The fourth-order valence-electron chi connectivity index (χ4n) is 3.38. The van der Waals surface area contributed by atoms with Gasteiger partial charge >= 0.3 is 6.03 Å². The van der Waals surface area contributed by atoms with Crippen molar-refractivity contribution >= 4 is 29.4 Å². The van der Waals surface area contributed by atoms with Crippen LogP contribution in [0.15, 0.2) is 36.8 Å². The SMILES string of the molecule is Cc1cc(Nc2ncc3c(n2)CN(C(=O)NC(CO)c2ccc(Cl)c(F)c2)CC3)ncn1. The number of carbonyl (C=O) groups excluding carboxylic acids is 1. The highest BCUT2D eigenvalue weighted by molar-refractivity contribution is 6.30. The largest absolute Gasteiger partial charge is 0.394 e. The highest BCUT2D eigenvalue weighted by Crippen LogP contribution is 2.22. The second kappa shape index (κ2) is 9.41. The van der Waals surface area contributed by atoms with Crippen LogP contribution in [-0.2, 0) is 13.0 Å². The fourth-order valence-corrected chi connectivity index (χ4v) is 3.50. The van der Waals surface area contributed by atoms with Crippen molar-refractivity contribution in [2.75, 3.05) is 18.5 Å². The van der Waals surface area contributed by atoms with Gasteiger partial charge in [-0.2, -0.15) is 0 Å². The van der Waals surface area contributed by atoms with Crippen molar-refractivity contribution in [3.8, 4) is 0 Å². The molecule has 0 fully saturated rings. The molecule has 3 aromatic rings. The third-order valence-corrected chi connectivity index (χ3v) is 5.41. The summed E-state index contributed by atoms with van der Waals surface area (Å²) in [6, 6.07) is 4.79. The first kappa shape index (κ1) is 21.8. The number of aliphatic hydroxyl groups is 1. The highest BCUT2D eigenvalue weighted by atomic mass is 35.5. The van der Waals surface area contributed by atoms with Gasteiger partial charge in [-0.1, -0.05) is 17.7 Å². The van der Waals surface area contributed by atoms with Crippen LogP contribution < -0.4 is 10.6 Å². The molecule has 0 saturated heterocycles. The third kappa shape index (κ3) is 4.92. The zero-order valence-corrected chi connectivity index (χ0v) is 18.0. The van der Waals surface area contributed by atoms with Gasteiger partial charge in [0, 0.05) is 24.5 Å². The Labute approximate surface area is 188 Å². The molecule has 1 aliphatic heterocycles. The molecule has 1 unspecified atom stereocenters. The van der Waals surface area contributed by atoms with E-state index < -0.39 is 11.9 Å². The number of aryl methyl sites for hydroxylation is 1. The standard InChI is InChI=1S/C21H21ClFN7O2/c1-12-6-19(26-11-25-12)29-20-24-8-14-4-5-30(9-17(14)27-20)21(32)28-18(10-31)13-2-3-15(22)16(23)7-13/h2-3,6-8,11,18,31H,4-5,9-10H2,1H3,(H,28,32)(H,24,25,26,27,29). The van der Waals surface area contributed by atoms with E-state index in [9.17, 15) is 14.3 Å². The Bertz CT molecular complexity index is 1150. The number of anilines is 2. The predicted molar refractivity (Wildman–Crippen MR) is 116 cm³/mol. The molecule has 0 bridgehead atoms. The van der Waals surface area contributed by atoms with Crippen LogP contribution in [0.25, 0.3) is 0 Å². The number of hydrogen-bond donors (Lipinski definition) is 3. The average molecular weight is 458 g/mol. The van der Waals surface area contributed by atoms with E-state index in [1.54, 1.807) is 23.2 Å². The molecule has 0 aliphatic carbocycles. The molecule has 0 saturated carbocycles. The minimum Gasteiger partial charge on any atom is -0.394 e. The molecule has 1 aliphatic rings. The topological polar surface area (TPSA) is 116 Å². The Kier molecular flexibility index (Phi) is 6.42. The lowest BCUT2D eigenvalue weighted by Gasteiger charge is -2.30. The molecular weight excluding hydrogens is 437 g/mol. The first-order valence-electron chi connectivity index (χ1n) is 9.94. The molecular formula is C21H21ClFN7O2. The number of halogens is 2. The summed E-state index contributed by atoms with van der Waals surface area (Å²) in [5.41, 5.74) is 2.90. The monoisotopic (exact) mass is 457 g/mol. The molecule has 32 heavy (non-hydrogen) atoms. The molecule has 166 valence electrons. The molecule has 0 spiro atoms. The molecule has 9 nitrogen and oxygen atoms in total. The second-order valence-electron chi connectivity index (χ2n) is 7.36. The van der Waals surface area contributed by atoms with Crippen molar-refractivity contribution in [1.82, 2.24) is 30.2 Å². The van der Waals surface area contributed by atoms with Gasteiger partial charge in [0.1, 0.15) is 18.0 Å². The van der Waals surface area contributed by atoms with Gasteiger partial charge in [0.2, 0.25) is 5.95 Å². The van der Waals surface area contributed by atoms with Crippen LogP contribution in [0.3, 0.4) is 0 Å². The first-order valence-corrected chi connectivity index (χ1v) is 10.3. The Hall–Kier alpha value is -3.37. The quantitative estimate of drug-likeness (QED) is 0.539. The first-order chi connectivity index (χ1) is 15.4. The van der Waals surface area contributed by atoms with Crippen LogP contribution in [0.4, 0.5) is 21.0 Å². The number of nitrogens with zero attached hydrogens (tertiary/aromatic N) is 5. The molecule has 2 amide bonds. The molecule has 1 aromatic carbocycles. The normalized spacial score (nSPS) is 13.9. The van der Waals surface area contributed by atoms with E-state index in [1.165, 1.54) is 18.5 Å². The van der Waals surface area contributed by atoms with E-state index in [4.69, 9.17) is 11.6 Å². The van der Waals surface area contributed by atoms with Crippen molar-refractivity contribution in [3.05, 3.63) is 70.1 Å². The number of carbonyl (C=O) groups is 1. The molecule has 3 N–H and O–H groups in total. The Morgan fingerprint density at radius 2 is 2.16 bits per heavy atom.